The maximum Gasteiger partial charge on any atom is 0.0984 e. The van der Waals surface area contributed by atoms with Crippen molar-refractivity contribution in [2.45, 2.75) is 12.5 Å². The number of hydrazine groups is 1. The first-order valence-corrected chi connectivity index (χ1v) is 5.11. The van der Waals surface area contributed by atoms with Crippen LogP contribution < -0.4 is 16.6 Å². The Morgan fingerprint density at radius 2 is 2.07 bits per heavy atom. The van der Waals surface area contributed by atoms with Gasteiger partial charge < -0.3 is 10.4 Å². The lowest BCUT2D eigenvalue weighted by Crippen LogP contribution is -2.44. The van der Waals surface area contributed by atoms with Crippen LogP contribution in [0.4, 0.5) is 5.69 Å². The van der Waals surface area contributed by atoms with E-state index in [0.717, 1.165) is 5.69 Å². The summed E-state index contributed by atoms with van der Waals surface area (Å²) in [6, 6.07) is 9.40. The van der Waals surface area contributed by atoms with Crippen LogP contribution in [0.5, 0.6) is 0 Å². The number of hydrogen-bond acceptors (Lipinski definition) is 4. The molecule has 0 unspecified atom stereocenters. The van der Waals surface area contributed by atoms with Crippen LogP contribution in [0.3, 0.4) is 0 Å². The first-order chi connectivity index (χ1) is 7.27. The first kappa shape index (κ1) is 12.1. The Bertz CT molecular complexity index is 305. The minimum absolute atomic E-state index is 0.0471. The van der Waals surface area contributed by atoms with E-state index in [9.17, 15) is 0 Å². The smallest absolute Gasteiger partial charge is 0.0984 e. The van der Waals surface area contributed by atoms with Gasteiger partial charge in [-0.3, -0.25) is 11.3 Å². The van der Waals surface area contributed by atoms with Crippen molar-refractivity contribution in [1.82, 2.24) is 5.43 Å². The second-order valence-electron chi connectivity index (χ2n) is 3.09. The molecule has 0 heterocycles. The zero-order valence-electron chi connectivity index (χ0n) is 8.31. The number of nitrogens with two attached hydrogens (primary N) is 1. The number of aliphatic hydroxyl groups is 1. The standard InChI is InChI=1S/C10H15N3OS/c11-13-9(6-7-14)10(15)12-8-4-2-1-3-5-8/h1-5,9,13-14H,6-7,11H2,(H,12,15)/t9-/m0/s1. The fourth-order valence-electron chi connectivity index (χ4n) is 1.17. The van der Waals surface area contributed by atoms with Crippen molar-refractivity contribution in [2.75, 3.05) is 11.9 Å². The molecule has 0 aliphatic carbocycles. The van der Waals surface area contributed by atoms with Gasteiger partial charge in [0.15, 0.2) is 0 Å². The molecule has 1 aromatic rings. The lowest BCUT2D eigenvalue weighted by molar-refractivity contribution is 0.279. The lowest BCUT2D eigenvalue weighted by Gasteiger charge is -2.17. The second kappa shape index (κ2) is 6.47. The zero-order chi connectivity index (χ0) is 11.1. The normalized spacial score (nSPS) is 12.1. The van der Waals surface area contributed by atoms with Crippen LogP contribution in [-0.2, 0) is 0 Å². The average molecular weight is 225 g/mol. The molecule has 0 saturated heterocycles. The molecule has 0 spiro atoms. The van der Waals surface area contributed by atoms with Crippen LogP contribution in [0, 0.1) is 0 Å². The third-order valence-electron chi connectivity index (χ3n) is 1.98. The Morgan fingerprint density at radius 3 is 2.60 bits per heavy atom. The molecule has 0 amide bonds. The van der Waals surface area contributed by atoms with E-state index in [0.29, 0.717) is 11.4 Å². The van der Waals surface area contributed by atoms with Gasteiger partial charge in [0.1, 0.15) is 0 Å². The number of rotatable bonds is 5. The van der Waals surface area contributed by atoms with Gasteiger partial charge >= 0.3 is 0 Å². The van der Waals surface area contributed by atoms with Crippen LogP contribution in [0.2, 0.25) is 0 Å². The Labute approximate surface area is 94.5 Å². The lowest BCUT2D eigenvalue weighted by atomic mass is 10.2. The predicted octanol–water partition coefficient (Wildman–Crippen LogP) is 0.640. The molecule has 0 saturated carbocycles. The molecule has 0 radical (unpaired) electrons. The molecule has 15 heavy (non-hydrogen) atoms. The van der Waals surface area contributed by atoms with Crippen molar-refractivity contribution in [3.63, 3.8) is 0 Å². The van der Waals surface area contributed by atoms with Gasteiger partial charge in [0.2, 0.25) is 0 Å². The fraction of sp³-hybridized carbons (Fsp3) is 0.300. The van der Waals surface area contributed by atoms with Crippen LogP contribution in [0.15, 0.2) is 30.3 Å². The molecular formula is C10H15N3OS. The average Bonchev–Trinajstić information content (AvgIpc) is 2.27. The summed E-state index contributed by atoms with van der Waals surface area (Å²) in [5, 5.41) is 11.9. The maximum absolute atomic E-state index is 8.80. The van der Waals surface area contributed by atoms with Crippen molar-refractivity contribution in [3.8, 4) is 0 Å². The molecule has 1 atom stereocenters. The van der Waals surface area contributed by atoms with Gasteiger partial charge in [-0.1, -0.05) is 30.4 Å². The number of hydrogen-bond donors (Lipinski definition) is 4. The van der Waals surface area contributed by atoms with Gasteiger partial charge in [0.05, 0.1) is 11.0 Å². The number of aliphatic hydroxyl groups excluding tert-OH is 1. The maximum atomic E-state index is 8.80. The number of thiocarbonyl (C=S) groups is 1. The Hall–Kier alpha value is -1.01. The van der Waals surface area contributed by atoms with E-state index < -0.39 is 0 Å². The minimum Gasteiger partial charge on any atom is -0.396 e. The molecule has 0 bridgehead atoms. The van der Waals surface area contributed by atoms with Crippen LogP contribution >= 0.6 is 12.2 Å². The van der Waals surface area contributed by atoms with Crippen LogP contribution in [-0.4, -0.2) is 22.7 Å². The van der Waals surface area contributed by atoms with E-state index >= 15 is 0 Å². The molecular weight excluding hydrogens is 210 g/mol. The molecule has 0 aromatic heterocycles. The summed E-state index contributed by atoms with van der Waals surface area (Å²) in [6.07, 6.45) is 0.495. The summed E-state index contributed by atoms with van der Waals surface area (Å²) < 4.78 is 0. The number of benzene rings is 1. The molecule has 82 valence electrons. The molecule has 0 aliphatic heterocycles. The molecule has 0 fully saturated rings. The monoisotopic (exact) mass is 225 g/mol. The molecule has 0 aliphatic rings. The molecule has 4 nitrogen and oxygen atoms in total. The molecule has 1 rings (SSSR count). The van der Waals surface area contributed by atoms with Crippen molar-refractivity contribution < 1.29 is 5.11 Å². The Morgan fingerprint density at radius 1 is 1.40 bits per heavy atom. The molecule has 5 N–H and O–H groups in total. The highest BCUT2D eigenvalue weighted by molar-refractivity contribution is 7.80. The van der Waals surface area contributed by atoms with E-state index in [1.165, 1.54) is 0 Å². The third-order valence-corrected chi connectivity index (χ3v) is 2.36. The van der Waals surface area contributed by atoms with Crippen molar-refractivity contribution in [1.29, 1.82) is 0 Å². The summed E-state index contributed by atoms with van der Waals surface area (Å²) in [5.41, 5.74) is 3.48. The fourth-order valence-corrected chi connectivity index (χ4v) is 1.47. The second-order valence-corrected chi connectivity index (χ2v) is 3.53. The number of anilines is 1. The van der Waals surface area contributed by atoms with E-state index in [-0.39, 0.29) is 12.6 Å². The molecule has 1 aromatic carbocycles. The summed E-state index contributed by atoms with van der Waals surface area (Å²) >= 11 is 5.16. The topological polar surface area (TPSA) is 70.3 Å². The van der Waals surface area contributed by atoms with Crippen LogP contribution in [0.1, 0.15) is 6.42 Å². The van der Waals surface area contributed by atoms with Gasteiger partial charge in [-0.2, -0.15) is 0 Å². The van der Waals surface area contributed by atoms with Crippen LogP contribution in [0.25, 0.3) is 0 Å². The van der Waals surface area contributed by atoms with E-state index in [4.69, 9.17) is 23.2 Å². The van der Waals surface area contributed by atoms with Gasteiger partial charge in [0, 0.05) is 12.3 Å². The Balaban J connectivity index is 2.54. The van der Waals surface area contributed by atoms with Gasteiger partial charge in [-0.05, 0) is 18.6 Å². The molecule has 5 heteroatoms. The summed E-state index contributed by atoms with van der Waals surface area (Å²) in [7, 11) is 0. The summed E-state index contributed by atoms with van der Waals surface area (Å²) in [6.45, 7) is 0.0471. The van der Waals surface area contributed by atoms with Gasteiger partial charge in [-0.25, -0.2) is 0 Å². The third kappa shape index (κ3) is 3.93. The highest BCUT2D eigenvalue weighted by Crippen LogP contribution is 2.07. The van der Waals surface area contributed by atoms with E-state index in [2.05, 4.69) is 10.7 Å². The number of nitrogens with one attached hydrogen (secondary N) is 2. The Kier molecular flexibility index (Phi) is 5.20. The van der Waals surface area contributed by atoms with E-state index in [1.807, 2.05) is 30.3 Å². The van der Waals surface area contributed by atoms with E-state index in [1.54, 1.807) is 0 Å². The zero-order valence-corrected chi connectivity index (χ0v) is 9.13. The number of para-hydroxylation sites is 1. The van der Waals surface area contributed by atoms with Crippen molar-refractivity contribution >= 4 is 22.9 Å². The summed E-state index contributed by atoms with van der Waals surface area (Å²) in [4.78, 5) is 0.581. The summed E-state index contributed by atoms with van der Waals surface area (Å²) in [5.74, 6) is 5.32. The largest absolute Gasteiger partial charge is 0.396 e. The highest BCUT2D eigenvalue weighted by Gasteiger charge is 2.11. The van der Waals surface area contributed by atoms with Gasteiger partial charge in [0.25, 0.3) is 0 Å². The quantitative estimate of drug-likeness (QED) is 0.336. The van der Waals surface area contributed by atoms with Crippen molar-refractivity contribution in [3.05, 3.63) is 30.3 Å². The van der Waals surface area contributed by atoms with Gasteiger partial charge in [-0.15, -0.1) is 0 Å². The predicted molar refractivity (Wildman–Crippen MR) is 65.5 cm³/mol. The SMILES string of the molecule is NN[C@@H](CCO)C(=S)Nc1ccccc1. The minimum atomic E-state index is -0.204. The van der Waals surface area contributed by atoms with Crippen molar-refractivity contribution in [2.24, 2.45) is 5.84 Å². The first-order valence-electron chi connectivity index (χ1n) is 4.71. The highest BCUT2D eigenvalue weighted by atomic mass is 32.1.